The van der Waals surface area contributed by atoms with Crippen LogP contribution in [0.4, 0.5) is 13.2 Å². The van der Waals surface area contributed by atoms with Gasteiger partial charge >= 0.3 is 12.1 Å². The zero-order chi connectivity index (χ0) is 25.6. The summed E-state index contributed by atoms with van der Waals surface area (Å²) in [5, 5.41) is 0.545. The quantitative estimate of drug-likeness (QED) is 0.171. The minimum absolute atomic E-state index is 0.0193. The van der Waals surface area contributed by atoms with Crippen molar-refractivity contribution in [2.45, 2.75) is 6.18 Å². The molecule has 0 aliphatic heterocycles. The number of hydrogen-bond acceptors (Lipinski definition) is 6. The number of benzene rings is 3. The van der Waals surface area contributed by atoms with Crippen molar-refractivity contribution in [2.75, 3.05) is 7.11 Å². The van der Waals surface area contributed by atoms with Crippen molar-refractivity contribution in [3.8, 4) is 22.6 Å². The molecule has 0 spiro atoms. The summed E-state index contributed by atoms with van der Waals surface area (Å²) >= 11 is 3.33. The van der Waals surface area contributed by atoms with Crippen molar-refractivity contribution in [3.05, 3.63) is 92.9 Å². The molecule has 5 rings (SSSR count). The van der Waals surface area contributed by atoms with Gasteiger partial charge in [-0.3, -0.25) is 4.79 Å². The van der Waals surface area contributed by atoms with Gasteiger partial charge in [-0.1, -0.05) is 28.1 Å². The summed E-state index contributed by atoms with van der Waals surface area (Å²) in [4.78, 5) is 25.7. The molecule has 0 aliphatic carbocycles. The van der Waals surface area contributed by atoms with Gasteiger partial charge in [0.15, 0.2) is 0 Å². The Kier molecular flexibility index (Phi) is 5.83. The van der Waals surface area contributed by atoms with Gasteiger partial charge < -0.3 is 18.3 Å². The maximum atomic E-state index is 13.9. The van der Waals surface area contributed by atoms with Gasteiger partial charge in [0.25, 0.3) is 0 Å². The molecule has 182 valence electrons. The number of carbonyl (C=O) groups is 1. The second kappa shape index (κ2) is 8.87. The molecule has 0 saturated heterocycles. The number of halogens is 4. The number of methoxy groups -OCH3 is 1. The fourth-order valence-corrected chi connectivity index (χ4v) is 4.11. The van der Waals surface area contributed by atoms with E-state index in [4.69, 9.17) is 18.3 Å². The first kappa shape index (κ1) is 23.7. The molecule has 0 amide bonds. The van der Waals surface area contributed by atoms with E-state index in [0.29, 0.717) is 16.7 Å². The lowest BCUT2D eigenvalue weighted by Gasteiger charge is -2.13. The summed E-state index contributed by atoms with van der Waals surface area (Å²) in [5.74, 6) is -2.13. The number of esters is 1. The van der Waals surface area contributed by atoms with Crippen LogP contribution in [0.2, 0.25) is 0 Å². The number of fused-ring (bicyclic) bond motifs is 2. The van der Waals surface area contributed by atoms with E-state index in [2.05, 4.69) is 15.9 Å². The lowest BCUT2D eigenvalue weighted by Crippen LogP contribution is -2.16. The van der Waals surface area contributed by atoms with Crippen molar-refractivity contribution in [1.82, 2.24) is 0 Å². The van der Waals surface area contributed by atoms with Crippen molar-refractivity contribution < 1.29 is 36.3 Å². The lowest BCUT2D eigenvalue weighted by molar-refractivity contribution is -0.152. The fraction of sp³-hybridized carbons (Fsp3) is 0.0769. The number of furan rings is 1. The second-order valence-corrected chi connectivity index (χ2v) is 8.62. The predicted molar refractivity (Wildman–Crippen MR) is 128 cm³/mol. The topological polar surface area (TPSA) is 78.9 Å². The summed E-state index contributed by atoms with van der Waals surface area (Å²) in [6, 6.07) is 15.8. The van der Waals surface area contributed by atoms with Crippen LogP contribution in [0.5, 0.6) is 11.5 Å². The molecule has 0 fully saturated rings. The summed E-state index contributed by atoms with van der Waals surface area (Å²) < 4.78 is 63.4. The Labute approximate surface area is 209 Å². The van der Waals surface area contributed by atoms with Gasteiger partial charge in [-0.15, -0.1) is 0 Å². The zero-order valence-electron chi connectivity index (χ0n) is 18.3. The first-order chi connectivity index (χ1) is 17.1. The van der Waals surface area contributed by atoms with E-state index in [-0.39, 0.29) is 28.0 Å². The van der Waals surface area contributed by atoms with Crippen molar-refractivity contribution in [2.24, 2.45) is 0 Å². The first-order valence-corrected chi connectivity index (χ1v) is 11.2. The average Bonchev–Trinajstić information content (AvgIpc) is 3.27. The zero-order valence-corrected chi connectivity index (χ0v) is 19.9. The van der Waals surface area contributed by atoms with Gasteiger partial charge in [-0.25, -0.2) is 4.79 Å². The first-order valence-electron chi connectivity index (χ1n) is 10.4. The largest absolute Gasteiger partial charge is 0.497 e. The SMILES string of the molecule is COc1ccc(-c2c(C(F)(F)F)oc3cc(OC(=O)c4cc5cc(Br)ccc5o4)ccc3c2=O)cc1. The Balaban J connectivity index is 1.55. The number of hydrogen-bond donors (Lipinski definition) is 0. The molecule has 10 heteroatoms. The smallest absolute Gasteiger partial charge is 0.450 e. The maximum absolute atomic E-state index is 13.9. The van der Waals surface area contributed by atoms with Crippen molar-refractivity contribution >= 4 is 43.8 Å². The van der Waals surface area contributed by atoms with Gasteiger partial charge in [0.2, 0.25) is 16.9 Å². The minimum atomic E-state index is -4.96. The number of rotatable bonds is 4. The van der Waals surface area contributed by atoms with E-state index in [1.807, 2.05) is 0 Å². The van der Waals surface area contributed by atoms with E-state index in [9.17, 15) is 22.8 Å². The molecule has 0 atom stereocenters. The second-order valence-electron chi connectivity index (χ2n) is 7.70. The predicted octanol–water partition coefficient (Wildman–Crippen LogP) is 7.22. The van der Waals surface area contributed by atoms with Gasteiger partial charge in [0, 0.05) is 15.9 Å². The summed E-state index contributed by atoms with van der Waals surface area (Å²) in [5.41, 5.74) is -1.42. The van der Waals surface area contributed by atoms with Crippen LogP contribution in [0.1, 0.15) is 16.3 Å². The van der Waals surface area contributed by atoms with E-state index in [1.165, 1.54) is 49.6 Å². The Morgan fingerprint density at radius 2 is 1.61 bits per heavy atom. The molecule has 0 unspecified atom stereocenters. The lowest BCUT2D eigenvalue weighted by atomic mass is 10.0. The van der Waals surface area contributed by atoms with Gasteiger partial charge in [0.05, 0.1) is 18.1 Å². The third-order valence-electron chi connectivity index (χ3n) is 5.39. The van der Waals surface area contributed by atoms with Crippen LogP contribution in [0.3, 0.4) is 0 Å². The highest BCUT2D eigenvalue weighted by Gasteiger charge is 2.39. The summed E-state index contributed by atoms with van der Waals surface area (Å²) in [6.45, 7) is 0. The molecule has 0 saturated carbocycles. The molecule has 2 aromatic heterocycles. The van der Waals surface area contributed by atoms with Gasteiger partial charge in [0.1, 0.15) is 22.7 Å². The van der Waals surface area contributed by atoms with Crippen LogP contribution >= 0.6 is 15.9 Å². The standard InChI is InChI=1S/C26H14BrF3O6/c1-33-16-5-2-13(3-6-16)22-23(31)18-8-7-17(12-20(18)36-24(22)26(28,29)30)34-25(32)21-11-14-10-15(27)4-9-19(14)35-21/h2-12H,1H3. The highest BCUT2D eigenvalue weighted by molar-refractivity contribution is 9.10. The van der Waals surface area contributed by atoms with Gasteiger partial charge in [-0.2, -0.15) is 13.2 Å². The summed E-state index contributed by atoms with van der Waals surface area (Å²) in [6.07, 6.45) is -4.96. The highest BCUT2D eigenvalue weighted by Crippen LogP contribution is 2.38. The van der Waals surface area contributed by atoms with Crippen molar-refractivity contribution in [3.63, 3.8) is 0 Å². The average molecular weight is 559 g/mol. The number of carbonyl (C=O) groups excluding carboxylic acids is 1. The highest BCUT2D eigenvalue weighted by atomic mass is 79.9. The molecule has 0 radical (unpaired) electrons. The monoisotopic (exact) mass is 558 g/mol. The Hall–Kier alpha value is -4.05. The molecule has 2 heterocycles. The normalized spacial score (nSPS) is 11.7. The van der Waals surface area contributed by atoms with Crippen LogP contribution in [0.15, 0.2) is 84.8 Å². The van der Waals surface area contributed by atoms with Crippen LogP contribution in [0, 0.1) is 0 Å². The molecular formula is C26H14BrF3O6. The van der Waals surface area contributed by atoms with E-state index in [0.717, 1.165) is 10.5 Å². The summed E-state index contributed by atoms with van der Waals surface area (Å²) in [7, 11) is 1.41. The Morgan fingerprint density at radius 1 is 0.889 bits per heavy atom. The molecule has 36 heavy (non-hydrogen) atoms. The molecule has 6 nitrogen and oxygen atoms in total. The Bertz CT molecular complexity index is 1680. The molecule has 5 aromatic rings. The third-order valence-corrected chi connectivity index (χ3v) is 5.88. The van der Waals surface area contributed by atoms with Gasteiger partial charge in [-0.05, 0) is 54.1 Å². The van der Waals surface area contributed by atoms with E-state index in [1.54, 1.807) is 18.2 Å². The van der Waals surface area contributed by atoms with Crippen LogP contribution in [0.25, 0.3) is 33.1 Å². The van der Waals surface area contributed by atoms with E-state index >= 15 is 0 Å². The third kappa shape index (κ3) is 4.35. The fourth-order valence-electron chi connectivity index (χ4n) is 3.73. The van der Waals surface area contributed by atoms with Crippen LogP contribution < -0.4 is 14.9 Å². The number of ether oxygens (including phenoxy) is 2. The molecule has 0 bridgehead atoms. The molecule has 0 N–H and O–H groups in total. The minimum Gasteiger partial charge on any atom is -0.497 e. The van der Waals surface area contributed by atoms with E-state index < -0.39 is 28.9 Å². The Morgan fingerprint density at radius 3 is 2.31 bits per heavy atom. The maximum Gasteiger partial charge on any atom is 0.450 e. The molecular weight excluding hydrogens is 545 g/mol. The molecule has 3 aromatic carbocycles. The van der Waals surface area contributed by atoms with Crippen LogP contribution in [-0.4, -0.2) is 13.1 Å². The van der Waals surface area contributed by atoms with Crippen molar-refractivity contribution in [1.29, 1.82) is 0 Å². The molecule has 0 aliphatic rings. The van der Waals surface area contributed by atoms with Crippen LogP contribution in [-0.2, 0) is 6.18 Å². The number of alkyl halides is 3.